The van der Waals surface area contributed by atoms with E-state index in [-0.39, 0.29) is 5.38 Å². The van der Waals surface area contributed by atoms with Crippen LogP contribution in [0.2, 0.25) is 0 Å². The molecule has 0 saturated carbocycles. The highest BCUT2D eigenvalue weighted by Crippen LogP contribution is 2.22. The number of alkyl halides is 2. The van der Waals surface area contributed by atoms with E-state index in [9.17, 15) is 0 Å². The highest BCUT2D eigenvalue weighted by atomic mass is 79.9. The molecule has 0 aliphatic heterocycles. The molecule has 0 saturated heterocycles. The molecule has 0 N–H and O–H groups in total. The van der Waals surface area contributed by atoms with Gasteiger partial charge in [-0.05, 0) is 17.7 Å². The molecule has 0 fully saturated rings. The maximum Gasteiger partial charge on any atom is 0.0720 e. The van der Waals surface area contributed by atoms with Gasteiger partial charge in [-0.25, -0.2) is 0 Å². The van der Waals surface area contributed by atoms with Gasteiger partial charge in [-0.15, -0.1) is 23.2 Å². The third-order valence-corrected chi connectivity index (χ3v) is 2.77. The van der Waals surface area contributed by atoms with Crippen molar-refractivity contribution in [1.82, 2.24) is 0 Å². The van der Waals surface area contributed by atoms with Crippen molar-refractivity contribution in [3.63, 3.8) is 0 Å². The van der Waals surface area contributed by atoms with Gasteiger partial charge in [0.1, 0.15) is 0 Å². The fourth-order valence-electron chi connectivity index (χ4n) is 0.761. The zero-order valence-corrected chi connectivity index (χ0v) is 8.83. The van der Waals surface area contributed by atoms with E-state index < -0.39 is 0 Å². The Kier molecular flexibility index (Phi) is 3.70. The van der Waals surface area contributed by atoms with Crippen molar-refractivity contribution in [3.05, 3.63) is 34.3 Å². The average molecular weight is 254 g/mol. The van der Waals surface area contributed by atoms with E-state index in [1.807, 2.05) is 24.3 Å². The standard InChI is InChI=1S/C8H7BrCl2/c9-7-3-1-6(2-4-7)8(11)5-10/h1-4,8H,5H2. The Bertz CT molecular complexity index is 220. The molecule has 1 atom stereocenters. The Morgan fingerprint density at radius 1 is 1.27 bits per heavy atom. The summed E-state index contributed by atoms with van der Waals surface area (Å²) in [7, 11) is 0. The zero-order chi connectivity index (χ0) is 8.27. The summed E-state index contributed by atoms with van der Waals surface area (Å²) in [6, 6.07) is 7.84. The maximum absolute atomic E-state index is 5.90. The summed E-state index contributed by atoms with van der Waals surface area (Å²) in [6.45, 7) is 0. The minimum atomic E-state index is -0.0789. The normalized spacial score (nSPS) is 13.0. The van der Waals surface area contributed by atoms with Crippen molar-refractivity contribution < 1.29 is 0 Å². The first-order valence-electron chi connectivity index (χ1n) is 3.19. The Balaban J connectivity index is 2.81. The molecule has 0 bridgehead atoms. The molecule has 0 nitrogen and oxygen atoms in total. The van der Waals surface area contributed by atoms with E-state index in [0.717, 1.165) is 10.0 Å². The van der Waals surface area contributed by atoms with E-state index >= 15 is 0 Å². The molecule has 0 heterocycles. The Labute approximate surface area is 84.6 Å². The highest BCUT2D eigenvalue weighted by molar-refractivity contribution is 9.10. The first kappa shape index (κ1) is 9.37. The maximum atomic E-state index is 5.90. The summed E-state index contributed by atoms with van der Waals surface area (Å²) in [4.78, 5) is 0. The van der Waals surface area contributed by atoms with Crippen LogP contribution >= 0.6 is 39.1 Å². The fourth-order valence-corrected chi connectivity index (χ4v) is 1.35. The Hall–Kier alpha value is 0.280. The largest absolute Gasteiger partial charge is 0.125 e. The second-order valence-corrected chi connectivity index (χ2v) is 3.92. The molecule has 1 rings (SSSR count). The number of rotatable bonds is 2. The topological polar surface area (TPSA) is 0 Å². The summed E-state index contributed by atoms with van der Waals surface area (Å²) in [6.07, 6.45) is 0. The Morgan fingerprint density at radius 2 is 1.82 bits per heavy atom. The molecular formula is C8H7BrCl2. The molecule has 1 aromatic rings. The lowest BCUT2D eigenvalue weighted by molar-refractivity contribution is 1.09. The van der Waals surface area contributed by atoms with Crippen LogP contribution in [-0.4, -0.2) is 5.88 Å². The molecule has 60 valence electrons. The molecule has 1 unspecified atom stereocenters. The predicted molar refractivity (Wildman–Crippen MR) is 53.5 cm³/mol. The summed E-state index contributed by atoms with van der Waals surface area (Å²) < 4.78 is 1.06. The van der Waals surface area contributed by atoms with Crippen LogP contribution in [0.25, 0.3) is 0 Å². The third-order valence-electron chi connectivity index (χ3n) is 1.37. The van der Waals surface area contributed by atoms with Crippen LogP contribution in [0.4, 0.5) is 0 Å². The second kappa shape index (κ2) is 4.34. The summed E-state index contributed by atoms with van der Waals surface area (Å²) in [5, 5.41) is -0.0789. The molecule has 0 radical (unpaired) electrons. The quantitative estimate of drug-likeness (QED) is 0.700. The van der Waals surface area contributed by atoms with Crippen molar-refractivity contribution in [1.29, 1.82) is 0 Å². The number of benzene rings is 1. The van der Waals surface area contributed by atoms with E-state index in [0.29, 0.717) is 5.88 Å². The van der Waals surface area contributed by atoms with E-state index in [1.165, 1.54) is 0 Å². The first-order valence-corrected chi connectivity index (χ1v) is 4.96. The van der Waals surface area contributed by atoms with Gasteiger partial charge in [-0.2, -0.15) is 0 Å². The van der Waals surface area contributed by atoms with E-state index in [4.69, 9.17) is 23.2 Å². The molecule has 0 aromatic heterocycles. The molecule has 0 amide bonds. The van der Waals surface area contributed by atoms with Crippen LogP contribution in [0.5, 0.6) is 0 Å². The Morgan fingerprint density at radius 3 is 2.27 bits per heavy atom. The van der Waals surface area contributed by atoms with Gasteiger partial charge in [0.05, 0.1) is 5.38 Å². The first-order chi connectivity index (χ1) is 5.24. The molecule has 0 aliphatic rings. The van der Waals surface area contributed by atoms with Crippen LogP contribution < -0.4 is 0 Å². The summed E-state index contributed by atoms with van der Waals surface area (Å²) in [5.74, 6) is 0.448. The zero-order valence-electron chi connectivity index (χ0n) is 5.73. The van der Waals surface area contributed by atoms with Crippen molar-refractivity contribution >= 4 is 39.1 Å². The number of halogens is 3. The van der Waals surface area contributed by atoms with Crippen LogP contribution in [0.3, 0.4) is 0 Å². The van der Waals surface area contributed by atoms with Gasteiger partial charge >= 0.3 is 0 Å². The SMILES string of the molecule is ClCC(Cl)c1ccc(Br)cc1. The van der Waals surface area contributed by atoms with Gasteiger partial charge in [0.15, 0.2) is 0 Å². The molecule has 0 spiro atoms. The molecule has 0 aliphatic carbocycles. The van der Waals surface area contributed by atoms with Gasteiger partial charge in [-0.1, -0.05) is 28.1 Å². The second-order valence-electron chi connectivity index (χ2n) is 2.17. The van der Waals surface area contributed by atoms with Crippen LogP contribution in [0.15, 0.2) is 28.7 Å². The van der Waals surface area contributed by atoms with Gasteiger partial charge in [0.2, 0.25) is 0 Å². The van der Waals surface area contributed by atoms with Gasteiger partial charge in [0, 0.05) is 10.4 Å². The van der Waals surface area contributed by atoms with Crippen molar-refractivity contribution in [2.75, 3.05) is 5.88 Å². The minimum absolute atomic E-state index is 0.0789. The fraction of sp³-hybridized carbons (Fsp3) is 0.250. The summed E-state index contributed by atoms with van der Waals surface area (Å²) in [5.41, 5.74) is 1.06. The lowest BCUT2D eigenvalue weighted by atomic mass is 10.2. The smallest absolute Gasteiger partial charge is 0.0720 e. The summed E-state index contributed by atoms with van der Waals surface area (Å²) >= 11 is 14.8. The highest BCUT2D eigenvalue weighted by Gasteiger charge is 2.04. The van der Waals surface area contributed by atoms with Gasteiger partial charge in [-0.3, -0.25) is 0 Å². The van der Waals surface area contributed by atoms with Crippen molar-refractivity contribution in [2.45, 2.75) is 5.38 Å². The van der Waals surface area contributed by atoms with Crippen LogP contribution in [0.1, 0.15) is 10.9 Å². The van der Waals surface area contributed by atoms with Crippen molar-refractivity contribution in [3.8, 4) is 0 Å². The average Bonchev–Trinajstić information content (AvgIpc) is 2.05. The monoisotopic (exact) mass is 252 g/mol. The third kappa shape index (κ3) is 2.66. The van der Waals surface area contributed by atoms with Gasteiger partial charge < -0.3 is 0 Å². The van der Waals surface area contributed by atoms with Gasteiger partial charge in [0.25, 0.3) is 0 Å². The van der Waals surface area contributed by atoms with Crippen molar-refractivity contribution in [2.24, 2.45) is 0 Å². The molecule has 3 heteroatoms. The number of hydrogen-bond acceptors (Lipinski definition) is 0. The lowest BCUT2D eigenvalue weighted by Gasteiger charge is -2.04. The minimum Gasteiger partial charge on any atom is -0.125 e. The predicted octanol–water partition coefficient (Wildman–Crippen LogP) is 3.97. The molecule has 1 aromatic carbocycles. The molecule has 11 heavy (non-hydrogen) atoms. The van der Waals surface area contributed by atoms with Crippen LogP contribution in [0, 0.1) is 0 Å². The van der Waals surface area contributed by atoms with E-state index in [1.54, 1.807) is 0 Å². The number of hydrogen-bond donors (Lipinski definition) is 0. The van der Waals surface area contributed by atoms with E-state index in [2.05, 4.69) is 15.9 Å². The van der Waals surface area contributed by atoms with Crippen LogP contribution in [-0.2, 0) is 0 Å². The molecular weight excluding hydrogens is 247 g/mol. The lowest BCUT2D eigenvalue weighted by Crippen LogP contribution is -1.89.